The fourth-order valence-electron chi connectivity index (χ4n) is 2.15. The highest BCUT2D eigenvalue weighted by Crippen LogP contribution is 2.31. The van der Waals surface area contributed by atoms with Crippen LogP contribution in [0.2, 0.25) is 0 Å². The van der Waals surface area contributed by atoms with Crippen LogP contribution in [0.1, 0.15) is 22.1 Å². The Balaban J connectivity index is 2.06. The number of fused-ring (bicyclic) bond motifs is 1. The number of thiophene rings is 1. The monoisotopic (exact) mass is 244 g/mol. The lowest BCUT2D eigenvalue weighted by Gasteiger charge is -2.35. The number of para-hydroxylation sites is 1. The predicted molar refractivity (Wildman–Crippen MR) is 69.4 cm³/mol. The van der Waals surface area contributed by atoms with Crippen LogP contribution in [0.25, 0.3) is 0 Å². The third-order valence-corrected chi connectivity index (χ3v) is 3.74. The van der Waals surface area contributed by atoms with Crippen molar-refractivity contribution in [2.75, 3.05) is 11.9 Å². The van der Waals surface area contributed by atoms with E-state index < -0.39 is 0 Å². The first-order valence-electron chi connectivity index (χ1n) is 5.42. The van der Waals surface area contributed by atoms with E-state index in [4.69, 9.17) is 0 Å². The molecule has 1 aliphatic rings. The van der Waals surface area contributed by atoms with Crippen molar-refractivity contribution < 1.29 is 4.79 Å². The maximum atomic E-state index is 12.0. The number of hydrogen-bond donors (Lipinski definition) is 1. The van der Waals surface area contributed by atoms with Gasteiger partial charge in [-0.25, -0.2) is 0 Å². The van der Waals surface area contributed by atoms with Crippen molar-refractivity contribution in [3.8, 4) is 0 Å². The standard InChI is InChI=1S/C13H12N2OS/c1-15-11-5-3-2-4-10(11)13(16)14-12(15)9-6-7-17-8-9/h2-8,12H,1H3,(H,14,16)/t12-/m1/s1. The van der Waals surface area contributed by atoms with Gasteiger partial charge in [-0.2, -0.15) is 11.3 Å². The normalized spacial score (nSPS) is 18.8. The van der Waals surface area contributed by atoms with E-state index in [1.165, 1.54) is 0 Å². The number of hydrogen-bond acceptors (Lipinski definition) is 3. The number of anilines is 1. The van der Waals surface area contributed by atoms with Crippen LogP contribution in [0.3, 0.4) is 0 Å². The largest absolute Gasteiger partial charge is 0.350 e. The summed E-state index contributed by atoms with van der Waals surface area (Å²) in [6.45, 7) is 0. The fraction of sp³-hybridized carbons (Fsp3) is 0.154. The Morgan fingerprint density at radius 1 is 1.29 bits per heavy atom. The molecule has 0 spiro atoms. The van der Waals surface area contributed by atoms with E-state index in [1.54, 1.807) is 11.3 Å². The van der Waals surface area contributed by atoms with Crippen LogP contribution in [0.5, 0.6) is 0 Å². The summed E-state index contributed by atoms with van der Waals surface area (Å²) in [6.07, 6.45) is -0.0661. The summed E-state index contributed by atoms with van der Waals surface area (Å²) in [5.74, 6) is -0.00472. The van der Waals surface area contributed by atoms with Gasteiger partial charge >= 0.3 is 0 Å². The zero-order chi connectivity index (χ0) is 11.8. The maximum absolute atomic E-state index is 12.0. The molecule has 2 heterocycles. The van der Waals surface area contributed by atoms with E-state index in [9.17, 15) is 4.79 Å². The van der Waals surface area contributed by atoms with Crippen LogP contribution in [0.4, 0.5) is 5.69 Å². The molecule has 0 unspecified atom stereocenters. The Morgan fingerprint density at radius 2 is 2.12 bits per heavy atom. The lowest BCUT2D eigenvalue weighted by atomic mass is 10.1. The molecule has 4 heteroatoms. The van der Waals surface area contributed by atoms with Gasteiger partial charge in [0.2, 0.25) is 0 Å². The Hall–Kier alpha value is -1.81. The van der Waals surface area contributed by atoms with Gasteiger partial charge in [0.15, 0.2) is 0 Å². The Bertz CT molecular complexity index is 550. The zero-order valence-electron chi connectivity index (χ0n) is 9.38. The Labute approximate surface area is 104 Å². The lowest BCUT2D eigenvalue weighted by molar-refractivity contribution is 0.0928. The van der Waals surface area contributed by atoms with Gasteiger partial charge in [0.05, 0.1) is 11.3 Å². The molecule has 0 saturated carbocycles. The Kier molecular flexibility index (Phi) is 2.37. The third-order valence-electron chi connectivity index (χ3n) is 3.04. The van der Waals surface area contributed by atoms with Crippen LogP contribution in [0.15, 0.2) is 41.1 Å². The van der Waals surface area contributed by atoms with Gasteiger partial charge in [0, 0.05) is 12.6 Å². The molecule has 86 valence electrons. The van der Waals surface area contributed by atoms with Gasteiger partial charge in [0.1, 0.15) is 6.17 Å². The second-order valence-electron chi connectivity index (χ2n) is 4.06. The van der Waals surface area contributed by atoms with Crippen molar-refractivity contribution in [3.05, 3.63) is 52.2 Å². The van der Waals surface area contributed by atoms with Crippen LogP contribution in [0, 0.1) is 0 Å². The minimum Gasteiger partial charge on any atom is -0.350 e. The van der Waals surface area contributed by atoms with Crippen LogP contribution in [-0.4, -0.2) is 13.0 Å². The number of benzene rings is 1. The molecular weight excluding hydrogens is 232 g/mol. The first-order valence-corrected chi connectivity index (χ1v) is 6.36. The molecule has 1 aromatic carbocycles. The summed E-state index contributed by atoms with van der Waals surface area (Å²) >= 11 is 1.64. The number of carbonyl (C=O) groups is 1. The molecule has 17 heavy (non-hydrogen) atoms. The van der Waals surface area contributed by atoms with E-state index in [0.717, 1.165) is 16.8 Å². The van der Waals surface area contributed by atoms with Crippen molar-refractivity contribution in [1.82, 2.24) is 5.32 Å². The molecular formula is C13H12N2OS. The van der Waals surface area contributed by atoms with Gasteiger partial charge in [-0.1, -0.05) is 12.1 Å². The van der Waals surface area contributed by atoms with Crippen molar-refractivity contribution in [2.24, 2.45) is 0 Å². The van der Waals surface area contributed by atoms with E-state index in [1.807, 2.05) is 42.8 Å². The highest BCUT2D eigenvalue weighted by molar-refractivity contribution is 7.08. The van der Waals surface area contributed by atoms with Crippen LogP contribution >= 0.6 is 11.3 Å². The predicted octanol–water partition coefficient (Wildman–Crippen LogP) is 2.63. The number of rotatable bonds is 1. The minimum atomic E-state index is -0.0661. The zero-order valence-corrected chi connectivity index (χ0v) is 10.2. The average Bonchev–Trinajstić information content (AvgIpc) is 2.87. The number of nitrogens with one attached hydrogen (secondary N) is 1. The molecule has 1 amide bonds. The number of amides is 1. The third kappa shape index (κ3) is 1.61. The van der Waals surface area contributed by atoms with Gasteiger partial charge in [0.25, 0.3) is 5.91 Å². The molecule has 0 aliphatic carbocycles. The molecule has 2 aromatic rings. The van der Waals surface area contributed by atoms with E-state index in [2.05, 4.69) is 15.6 Å². The second-order valence-corrected chi connectivity index (χ2v) is 4.84. The van der Waals surface area contributed by atoms with Crippen molar-refractivity contribution >= 4 is 22.9 Å². The summed E-state index contributed by atoms with van der Waals surface area (Å²) in [5.41, 5.74) is 2.84. The molecule has 3 nitrogen and oxygen atoms in total. The second kappa shape index (κ2) is 3.89. The summed E-state index contributed by atoms with van der Waals surface area (Å²) < 4.78 is 0. The summed E-state index contributed by atoms with van der Waals surface area (Å²) in [4.78, 5) is 14.1. The van der Waals surface area contributed by atoms with Gasteiger partial charge in [-0.15, -0.1) is 0 Å². The lowest BCUT2D eigenvalue weighted by Crippen LogP contribution is -2.44. The molecule has 3 rings (SSSR count). The van der Waals surface area contributed by atoms with Gasteiger partial charge in [-0.3, -0.25) is 4.79 Å². The number of nitrogens with zero attached hydrogens (tertiary/aromatic N) is 1. The quantitative estimate of drug-likeness (QED) is 0.836. The molecule has 0 bridgehead atoms. The topological polar surface area (TPSA) is 32.3 Å². The first kappa shape index (κ1) is 10.4. The summed E-state index contributed by atoms with van der Waals surface area (Å²) in [7, 11) is 2.00. The van der Waals surface area contributed by atoms with Gasteiger partial charge in [-0.05, 0) is 29.0 Å². The van der Waals surface area contributed by atoms with E-state index in [-0.39, 0.29) is 12.1 Å². The SMILES string of the molecule is CN1c2ccccc2C(=O)N[C@H]1c1ccsc1. The van der Waals surface area contributed by atoms with E-state index in [0.29, 0.717) is 0 Å². The van der Waals surface area contributed by atoms with Gasteiger partial charge < -0.3 is 10.2 Å². The smallest absolute Gasteiger partial charge is 0.255 e. The molecule has 1 aliphatic heterocycles. The van der Waals surface area contributed by atoms with Crippen LogP contribution < -0.4 is 10.2 Å². The van der Waals surface area contributed by atoms with Crippen molar-refractivity contribution in [3.63, 3.8) is 0 Å². The average molecular weight is 244 g/mol. The summed E-state index contributed by atoms with van der Waals surface area (Å²) in [6, 6.07) is 9.72. The minimum absolute atomic E-state index is 0.00472. The molecule has 1 aromatic heterocycles. The molecule has 1 N–H and O–H groups in total. The molecule has 0 saturated heterocycles. The van der Waals surface area contributed by atoms with Crippen molar-refractivity contribution in [2.45, 2.75) is 6.17 Å². The molecule has 1 atom stereocenters. The summed E-state index contributed by atoms with van der Waals surface area (Å²) in [5, 5.41) is 7.11. The number of carbonyl (C=O) groups excluding carboxylic acids is 1. The highest BCUT2D eigenvalue weighted by atomic mass is 32.1. The maximum Gasteiger partial charge on any atom is 0.255 e. The first-order chi connectivity index (χ1) is 8.27. The van der Waals surface area contributed by atoms with E-state index >= 15 is 0 Å². The molecule has 0 fully saturated rings. The fourth-order valence-corrected chi connectivity index (χ4v) is 2.83. The molecule has 0 radical (unpaired) electrons. The highest BCUT2D eigenvalue weighted by Gasteiger charge is 2.28. The van der Waals surface area contributed by atoms with Crippen LogP contribution in [-0.2, 0) is 0 Å². The van der Waals surface area contributed by atoms with Crippen molar-refractivity contribution in [1.29, 1.82) is 0 Å². The Morgan fingerprint density at radius 3 is 2.88 bits per heavy atom.